The molecule has 1 unspecified atom stereocenters. The molecule has 1 heteroatoms. The highest BCUT2D eigenvalue weighted by molar-refractivity contribution is 5.95. The van der Waals surface area contributed by atoms with Gasteiger partial charge in [0.1, 0.15) is 0 Å². The molecule has 0 bridgehead atoms. The van der Waals surface area contributed by atoms with Gasteiger partial charge in [-0.2, -0.15) is 0 Å². The van der Waals surface area contributed by atoms with Gasteiger partial charge in [0.25, 0.3) is 0 Å². The minimum Gasteiger partial charge on any atom is -0.310 e. The summed E-state index contributed by atoms with van der Waals surface area (Å²) in [6, 6.07) is 79.6. The van der Waals surface area contributed by atoms with Gasteiger partial charge in [-0.1, -0.05) is 227 Å². The van der Waals surface area contributed by atoms with Crippen LogP contribution in [0.2, 0.25) is 0 Å². The van der Waals surface area contributed by atoms with E-state index in [4.69, 9.17) is 6.58 Å². The fraction of sp³-hybridized carbons (Fsp3) is 0.0909. The number of nitrogens with zero attached hydrogens (tertiary/aromatic N) is 1. The van der Waals surface area contributed by atoms with Crippen LogP contribution in [0.4, 0.5) is 17.1 Å². The SMILES string of the molecule is C=C1/C=C\C=C/CC2(c3ccccc3-c3ccccc32)c2ccccc2C12c1ccccc1-c1cc(N(c3ccc4c(c3)C(C)(C)c3ccccc3-4)c3ccccc3-c3ccccc3)ccc12. The highest BCUT2D eigenvalue weighted by Crippen LogP contribution is 2.63. The number of hydrogen-bond acceptors (Lipinski definition) is 1. The van der Waals surface area contributed by atoms with Gasteiger partial charge in [-0.25, -0.2) is 0 Å². The lowest BCUT2D eigenvalue weighted by molar-refractivity contribution is 0.617. The highest BCUT2D eigenvalue weighted by atomic mass is 15.1. The van der Waals surface area contributed by atoms with Gasteiger partial charge in [-0.3, -0.25) is 0 Å². The van der Waals surface area contributed by atoms with Gasteiger partial charge in [0.2, 0.25) is 0 Å². The second-order valence-electron chi connectivity index (χ2n) is 19.2. The Labute approximate surface area is 394 Å². The number of anilines is 3. The van der Waals surface area contributed by atoms with E-state index in [1.165, 1.54) is 89.0 Å². The van der Waals surface area contributed by atoms with Gasteiger partial charge >= 0.3 is 0 Å². The first-order valence-corrected chi connectivity index (χ1v) is 23.7. The van der Waals surface area contributed by atoms with E-state index < -0.39 is 10.8 Å². The van der Waals surface area contributed by atoms with Crippen molar-refractivity contribution in [3.63, 3.8) is 0 Å². The minimum atomic E-state index is -0.682. The largest absolute Gasteiger partial charge is 0.310 e. The van der Waals surface area contributed by atoms with Crippen molar-refractivity contribution < 1.29 is 0 Å². The second-order valence-corrected chi connectivity index (χ2v) is 19.2. The zero-order valence-electron chi connectivity index (χ0n) is 37.9. The van der Waals surface area contributed by atoms with Crippen molar-refractivity contribution in [1.82, 2.24) is 0 Å². The Bertz CT molecular complexity index is 3520. The lowest BCUT2D eigenvalue weighted by Gasteiger charge is -2.41. The van der Waals surface area contributed by atoms with E-state index in [0.29, 0.717) is 0 Å². The molecule has 2 spiro atoms. The van der Waals surface area contributed by atoms with Crippen LogP contribution in [-0.4, -0.2) is 0 Å². The number of para-hydroxylation sites is 1. The number of rotatable bonds is 4. The molecule has 0 amide bonds. The van der Waals surface area contributed by atoms with E-state index in [-0.39, 0.29) is 5.41 Å². The molecule has 9 aromatic carbocycles. The van der Waals surface area contributed by atoms with Gasteiger partial charge in [-0.05, 0) is 126 Å². The molecule has 0 saturated heterocycles. The third-order valence-corrected chi connectivity index (χ3v) is 15.6. The molecule has 67 heavy (non-hydrogen) atoms. The molecular formula is C66H49N. The zero-order valence-corrected chi connectivity index (χ0v) is 37.9. The van der Waals surface area contributed by atoms with Gasteiger partial charge in [0.15, 0.2) is 0 Å². The summed E-state index contributed by atoms with van der Waals surface area (Å²) in [7, 11) is 0. The summed E-state index contributed by atoms with van der Waals surface area (Å²) in [5, 5.41) is 0. The smallest absolute Gasteiger partial charge is 0.0710 e. The maximum Gasteiger partial charge on any atom is 0.0710 e. The number of fused-ring (bicyclic) bond motifs is 16. The van der Waals surface area contributed by atoms with Crippen LogP contribution in [0.3, 0.4) is 0 Å². The maximum atomic E-state index is 5.05. The van der Waals surface area contributed by atoms with Crippen LogP contribution in [0.15, 0.2) is 249 Å². The molecule has 1 atom stereocenters. The Morgan fingerprint density at radius 2 is 0.881 bits per heavy atom. The molecule has 0 heterocycles. The average Bonchev–Trinajstić information content (AvgIpc) is 3.93. The standard InChI is InChI=1S/C66H49N/c1-44-22-6-5-21-41-65(56-31-15-10-27-50(56)51-28-11-16-32-57(51)65)60-34-18-19-35-61(60)66(44)58-33-17-12-29-52(58)54-42-46(38-40-59(54)66)67(63-36-20-13-25-48(63)45-23-7-4-8-24-45)47-37-39-53-49-26-9-14-30-55(49)64(2,3)62(53)43-47/h4-40,42-43H,1,41H2,2-3H3/b21-5-,22-6-. The van der Waals surface area contributed by atoms with Crippen molar-refractivity contribution in [1.29, 1.82) is 0 Å². The van der Waals surface area contributed by atoms with Crippen molar-refractivity contribution in [2.24, 2.45) is 0 Å². The predicted molar refractivity (Wildman–Crippen MR) is 280 cm³/mol. The molecule has 0 N–H and O–H groups in total. The van der Waals surface area contributed by atoms with Crippen molar-refractivity contribution >= 4 is 17.1 Å². The molecule has 0 radical (unpaired) electrons. The number of benzene rings is 9. The van der Waals surface area contributed by atoms with Gasteiger partial charge in [-0.15, -0.1) is 0 Å². The van der Waals surface area contributed by atoms with E-state index in [1.807, 2.05) is 0 Å². The monoisotopic (exact) mass is 855 g/mol. The minimum absolute atomic E-state index is 0.153. The lowest BCUT2D eigenvalue weighted by Crippen LogP contribution is -2.35. The second kappa shape index (κ2) is 14.8. The molecule has 0 fully saturated rings. The highest BCUT2D eigenvalue weighted by Gasteiger charge is 2.52. The zero-order chi connectivity index (χ0) is 44.9. The molecule has 0 aliphatic heterocycles. The number of allylic oxidation sites excluding steroid dienone is 5. The van der Waals surface area contributed by atoms with Crippen LogP contribution in [0.1, 0.15) is 64.8 Å². The Morgan fingerprint density at radius 3 is 1.58 bits per heavy atom. The molecule has 13 rings (SSSR count). The summed E-state index contributed by atoms with van der Waals surface area (Å²) >= 11 is 0. The first-order chi connectivity index (χ1) is 32.9. The van der Waals surface area contributed by atoms with Crippen molar-refractivity contribution in [3.8, 4) is 44.5 Å². The van der Waals surface area contributed by atoms with E-state index >= 15 is 0 Å². The first kappa shape index (κ1) is 39.4. The predicted octanol–water partition coefficient (Wildman–Crippen LogP) is 16.8. The van der Waals surface area contributed by atoms with E-state index in [0.717, 1.165) is 29.1 Å². The third-order valence-electron chi connectivity index (χ3n) is 15.6. The molecule has 1 nitrogen and oxygen atoms in total. The molecule has 318 valence electrons. The van der Waals surface area contributed by atoms with E-state index in [9.17, 15) is 0 Å². The van der Waals surface area contributed by atoms with Gasteiger partial charge < -0.3 is 4.90 Å². The lowest BCUT2D eigenvalue weighted by atomic mass is 9.60. The summed E-state index contributed by atoms with van der Waals surface area (Å²) in [6.45, 7) is 9.80. The van der Waals surface area contributed by atoms with Crippen LogP contribution < -0.4 is 4.90 Å². The molecule has 4 aliphatic carbocycles. The fourth-order valence-corrected chi connectivity index (χ4v) is 12.8. The van der Waals surface area contributed by atoms with Crippen LogP contribution in [-0.2, 0) is 16.2 Å². The summed E-state index contributed by atoms with van der Waals surface area (Å²) in [5.41, 5.74) is 23.8. The summed E-state index contributed by atoms with van der Waals surface area (Å²) < 4.78 is 0. The fourth-order valence-electron chi connectivity index (χ4n) is 12.8. The summed E-state index contributed by atoms with van der Waals surface area (Å²) in [6.07, 6.45) is 9.90. The van der Waals surface area contributed by atoms with E-state index in [2.05, 4.69) is 255 Å². The third kappa shape index (κ3) is 5.43. The van der Waals surface area contributed by atoms with Crippen LogP contribution >= 0.6 is 0 Å². The van der Waals surface area contributed by atoms with E-state index in [1.54, 1.807) is 0 Å². The van der Waals surface area contributed by atoms with Crippen molar-refractivity contribution in [2.75, 3.05) is 4.90 Å². The van der Waals surface area contributed by atoms with Gasteiger partial charge in [0, 0.05) is 22.4 Å². The first-order valence-electron chi connectivity index (χ1n) is 23.7. The summed E-state index contributed by atoms with van der Waals surface area (Å²) in [5.74, 6) is 0. The molecule has 0 aromatic heterocycles. The quantitative estimate of drug-likeness (QED) is 0.170. The maximum absolute atomic E-state index is 5.05. The van der Waals surface area contributed by atoms with Crippen LogP contribution in [0.5, 0.6) is 0 Å². The van der Waals surface area contributed by atoms with Crippen LogP contribution in [0, 0.1) is 0 Å². The Morgan fingerprint density at radius 1 is 0.388 bits per heavy atom. The molecule has 4 aliphatic rings. The average molecular weight is 856 g/mol. The number of hydrogen-bond donors (Lipinski definition) is 0. The molecule has 0 saturated carbocycles. The Hall–Kier alpha value is -8.00. The van der Waals surface area contributed by atoms with Crippen molar-refractivity contribution in [2.45, 2.75) is 36.5 Å². The normalized spacial score (nSPS) is 18.2. The van der Waals surface area contributed by atoms with Crippen LogP contribution in [0.25, 0.3) is 44.5 Å². The molecule has 9 aromatic rings. The Kier molecular flexibility index (Phi) is 8.67. The molecular weight excluding hydrogens is 807 g/mol. The van der Waals surface area contributed by atoms with Crippen molar-refractivity contribution in [3.05, 3.63) is 293 Å². The Balaban J connectivity index is 1.08. The summed E-state index contributed by atoms with van der Waals surface area (Å²) in [4.78, 5) is 2.50. The topological polar surface area (TPSA) is 3.24 Å². The van der Waals surface area contributed by atoms with Gasteiger partial charge in [0.05, 0.1) is 16.5 Å².